The normalized spacial score (nSPS) is 29.3. The van der Waals surface area contributed by atoms with E-state index in [2.05, 4.69) is 22.8 Å². The highest BCUT2D eigenvalue weighted by atomic mass is 16.5. The van der Waals surface area contributed by atoms with Crippen molar-refractivity contribution in [2.45, 2.75) is 56.3 Å². The molecule has 4 atom stereocenters. The van der Waals surface area contributed by atoms with Gasteiger partial charge in [0, 0.05) is 18.5 Å². The van der Waals surface area contributed by atoms with E-state index in [1.165, 1.54) is 5.56 Å². The number of nitrogens with one attached hydrogen (secondary N) is 2. The Kier molecular flexibility index (Phi) is 5.35. The summed E-state index contributed by atoms with van der Waals surface area (Å²) >= 11 is 0. The first-order valence-corrected chi connectivity index (χ1v) is 8.67. The van der Waals surface area contributed by atoms with Gasteiger partial charge in [0.2, 0.25) is 5.91 Å². The molecule has 1 saturated heterocycles. The predicted octanol–water partition coefficient (Wildman–Crippen LogP) is 1.65. The Bertz CT molecular complexity index is 578. The molecule has 6 heteroatoms. The van der Waals surface area contributed by atoms with Crippen LogP contribution < -0.4 is 16.4 Å². The minimum atomic E-state index is -0.517. The summed E-state index contributed by atoms with van der Waals surface area (Å²) in [5.41, 5.74) is 6.51. The molecule has 0 unspecified atom stereocenters. The van der Waals surface area contributed by atoms with E-state index >= 15 is 0 Å². The third-order valence-corrected chi connectivity index (χ3v) is 4.98. The molecule has 0 spiro atoms. The van der Waals surface area contributed by atoms with Gasteiger partial charge in [0.25, 0.3) is 0 Å². The lowest BCUT2D eigenvalue weighted by Gasteiger charge is -2.22. The first kappa shape index (κ1) is 16.8. The summed E-state index contributed by atoms with van der Waals surface area (Å²) in [6.45, 7) is 0.401. The van der Waals surface area contributed by atoms with Crippen LogP contribution in [-0.2, 0) is 9.53 Å². The maximum atomic E-state index is 12.2. The Morgan fingerprint density at radius 3 is 2.62 bits per heavy atom. The molecule has 130 valence electrons. The highest BCUT2D eigenvalue weighted by Gasteiger charge is 2.31. The molecular weight excluding hydrogens is 306 g/mol. The molecule has 1 saturated carbocycles. The fraction of sp³-hybridized carbons (Fsp3) is 0.556. The lowest BCUT2D eigenvalue weighted by molar-refractivity contribution is -0.128. The van der Waals surface area contributed by atoms with Gasteiger partial charge in [-0.05, 0) is 31.2 Å². The van der Waals surface area contributed by atoms with Gasteiger partial charge in [0.05, 0.1) is 6.10 Å². The Labute approximate surface area is 142 Å². The zero-order valence-corrected chi connectivity index (χ0v) is 13.7. The van der Waals surface area contributed by atoms with Crippen LogP contribution in [0.15, 0.2) is 30.3 Å². The minimum Gasteiger partial charge on any atom is -0.367 e. The molecule has 6 nitrogen and oxygen atoms in total. The maximum Gasteiger partial charge on any atom is 0.315 e. The van der Waals surface area contributed by atoms with E-state index < -0.39 is 12.0 Å². The smallest absolute Gasteiger partial charge is 0.315 e. The maximum absolute atomic E-state index is 12.2. The van der Waals surface area contributed by atoms with Crippen molar-refractivity contribution in [3.63, 3.8) is 0 Å². The van der Waals surface area contributed by atoms with E-state index in [-0.39, 0.29) is 18.2 Å². The second kappa shape index (κ2) is 7.66. The molecule has 1 aliphatic heterocycles. The molecular formula is C18H25N3O3. The van der Waals surface area contributed by atoms with Gasteiger partial charge in [-0.25, -0.2) is 4.79 Å². The summed E-state index contributed by atoms with van der Waals surface area (Å²) in [6.07, 6.45) is 3.93. The van der Waals surface area contributed by atoms with E-state index in [9.17, 15) is 9.59 Å². The molecule has 1 aromatic carbocycles. The van der Waals surface area contributed by atoms with Crippen molar-refractivity contribution in [1.82, 2.24) is 10.6 Å². The summed E-state index contributed by atoms with van der Waals surface area (Å²) in [5.74, 6) is -0.0578. The number of rotatable bonds is 5. The molecule has 3 rings (SSSR count). The number of hydrogen-bond donors (Lipinski definition) is 3. The summed E-state index contributed by atoms with van der Waals surface area (Å²) in [4.78, 5) is 23.3. The highest BCUT2D eigenvalue weighted by Crippen LogP contribution is 2.34. The summed E-state index contributed by atoms with van der Waals surface area (Å²) < 4.78 is 5.52. The van der Waals surface area contributed by atoms with Gasteiger partial charge in [-0.15, -0.1) is 0 Å². The highest BCUT2D eigenvalue weighted by molar-refractivity contribution is 5.79. The van der Waals surface area contributed by atoms with Crippen molar-refractivity contribution < 1.29 is 14.3 Å². The largest absolute Gasteiger partial charge is 0.367 e. The topological polar surface area (TPSA) is 93.5 Å². The summed E-state index contributed by atoms with van der Waals surface area (Å²) in [6, 6.07) is 10.3. The third-order valence-electron chi connectivity index (χ3n) is 4.98. The van der Waals surface area contributed by atoms with E-state index in [1.54, 1.807) is 0 Å². The van der Waals surface area contributed by atoms with Crippen LogP contribution in [0.5, 0.6) is 0 Å². The molecule has 0 bridgehead atoms. The monoisotopic (exact) mass is 331 g/mol. The first-order chi connectivity index (χ1) is 11.6. The number of primary amides is 1. The van der Waals surface area contributed by atoms with Gasteiger partial charge in [-0.3, -0.25) is 4.79 Å². The lowest BCUT2D eigenvalue weighted by atomic mass is 9.94. The van der Waals surface area contributed by atoms with Crippen LogP contribution in [0.4, 0.5) is 4.79 Å². The van der Waals surface area contributed by atoms with Gasteiger partial charge < -0.3 is 21.1 Å². The molecule has 1 heterocycles. The second-order valence-electron chi connectivity index (χ2n) is 6.64. The number of hydrogen-bond acceptors (Lipinski definition) is 3. The molecule has 1 aliphatic carbocycles. The number of urea groups is 1. The van der Waals surface area contributed by atoms with Crippen LogP contribution in [0.2, 0.25) is 0 Å². The van der Waals surface area contributed by atoms with E-state index in [4.69, 9.17) is 10.5 Å². The number of carbonyl (C=O) groups is 2. The zero-order valence-electron chi connectivity index (χ0n) is 13.7. The van der Waals surface area contributed by atoms with Crippen LogP contribution in [0.1, 0.15) is 43.6 Å². The van der Waals surface area contributed by atoms with Crippen LogP contribution >= 0.6 is 0 Å². The average molecular weight is 331 g/mol. The van der Waals surface area contributed by atoms with Crippen molar-refractivity contribution in [1.29, 1.82) is 0 Å². The van der Waals surface area contributed by atoms with Crippen molar-refractivity contribution in [3.8, 4) is 0 Å². The van der Waals surface area contributed by atoms with Gasteiger partial charge in [0.1, 0.15) is 6.10 Å². The van der Waals surface area contributed by atoms with Gasteiger partial charge >= 0.3 is 6.03 Å². The number of ether oxygens (including phenoxy) is 1. The number of amides is 3. The summed E-state index contributed by atoms with van der Waals surface area (Å²) in [7, 11) is 0. The molecule has 24 heavy (non-hydrogen) atoms. The molecule has 1 aromatic rings. The number of nitrogens with two attached hydrogens (primary N) is 1. The minimum absolute atomic E-state index is 0.137. The van der Waals surface area contributed by atoms with E-state index in [0.29, 0.717) is 18.9 Å². The Morgan fingerprint density at radius 2 is 1.92 bits per heavy atom. The summed E-state index contributed by atoms with van der Waals surface area (Å²) in [5, 5.41) is 5.94. The molecule has 2 fully saturated rings. The molecule has 0 radical (unpaired) electrons. The van der Waals surface area contributed by atoms with Crippen molar-refractivity contribution in [2.75, 3.05) is 6.54 Å². The van der Waals surface area contributed by atoms with E-state index in [1.807, 2.05) is 18.2 Å². The fourth-order valence-electron chi connectivity index (χ4n) is 3.72. The number of carbonyl (C=O) groups excluding carboxylic acids is 2. The van der Waals surface area contributed by atoms with Gasteiger partial charge in [-0.1, -0.05) is 36.8 Å². The van der Waals surface area contributed by atoms with Crippen molar-refractivity contribution in [3.05, 3.63) is 35.9 Å². The van der Waals surface area contributed by atoms with Gasteiger partial charge in [0.15, 0.2) is 0 Å². The van der Waals surface area contributed by atoms with Crippen LogP contribution in [0.3, 0.4) is 0 Å². The van der Waals surface area contributed by atoms with Crippen LogP contribution in [-0.4, -0.2) is 36.7 Å². The average Bonchev–Trinajstić information content (AvgIpc) is 3.23. The molecule has 4 N–H and O–H groups in total. The first-order valence-electron chi connectivity index (χ1n) is 8.67. The Balaban J connectivity index is 1.46. The third kappa shape index (κ3) is 4.06. The molecule has 2 aliphatic rings. The fourth-order valence-corrected chi connectivity index (χ4v) is 3.72. The SMILES string of the molecule is NC(=O)[C@@H]1CC[C@@H](CNC(=O)N[C@@H]2CCC[C@H]2c2ccccc2)O1. The Hall–Kier alpha value is -2.08. The predicted molar refractivity (Wildman–Crippen MR) is 90.4 cm³/mol. The lowest BCUT2D eigenvalue weighted by Crippen LogP contribution is -2.45. The molecule has 0 aromatic heterocycles. The zero-order chi connectivity index (χ0) is 16.9. The van der Waals surface area contributed by atoms with Gasteiger partial charge in [-0.2, -0.15) is 0 Å². The van der Waals surface area contributed by atoms with Crippen LogP contribution in [0.25, 0.3) is 0 Å². The van der Waals surface area contributed by atoms with Crippen molar-refractivity contribution in [2.24, 2.45) is 5.73 Å². The Morgan fingerprint density at radius 1 is 1.12 bits per heavy atom. The molecule has 3 amide bonds. The standard InChI is InChI=1S/C18H25N3O3/c19-17(22)16-10-9-13(24-16)11-20-18(23)21-15-8-4-7-14(15)12-5-2-1-3-6-12/h1-3,5-6,13-16H,4,7-11H2,(H2,19,22)(H2,20,21,23)/t13-,14-,15+,16-/m0/s1. The van der Waals surface area contributed by atoms with Crippen LogP contribution in [0, 0.1) is 0 Å². The van der Waals surface area contributed by atoms with E-state index in [0.717, 1.165) is 25.7 Å². The van der Waals surface area contributed by atoms with Crippen molar-refractivity contribution >= 4 is 11.9 Å². The number of benzene rings is 1. The second-order valence-corrected chi connectivity index (χ2v) is 6.64. The quantitative estimate of drug-likeness (QED) is 0.766.